The number of ether oxygens (including phenoxy) is 1. The van der Waals surface area contributed by atoms with Gasteiger partial charge < -0.3 is 9.26 Å². The minimum absolute atomic E-state index is 0.0651. The van der Waals surface area contributed by atoms with Gasteiger partial charge in [0.25, 0.3) is 0 Å². The van der Waals surface area contributed by atoms with Crippen LogP contribution in [0.1, 0.15) is 22.8 Å². The normalized spacial score (nSPS) is 11.6. The summed E-state index contributed by atoms with van der Waals surface area (Å²) in [5.41, 5.74) is 1.35. The fourth-order valence-electron chi connectivity index (χ4n) is 1.84. The lowest BCUT2D eigenvalue weighted by atomic mass is 10.1. The van der Waals surface area contributed by atoms with Crippen LogP contribution >= 0.6 is 0 Å². The quantitative estimate of drug-likeness (QED) is 0.909. The van der Waals surface area contributed by atoms with Crippen LogP contribution in [0.15, 0.2) is 21.6 Å². The third-order valence-corrected chi connectivity index (χ3v) is 3.57. The van der Waals surface area contributed by atoms with Crippen molar-refractivity contribution in [3.05, 3.63) is 35.0 Å². The molecule has 0 aliphatic rings. The van der Waals surface area contributed by atoms with E-state index in [1.54, 1.807) is 20.8 Å². The standard InChI is InChI=1S/C12H15N3O4S/c1-7-4-10(20(13,16)17)5-8(2)12(7)18-6-11-14-9(3)19-15-11/h4-5H,6H2,1-3H3,(H2,13,16,17). The molecule has 0 saturated carbocycles. The summed E-state index contributed by atoms with van der Waals surface area (Å²) in [7, 11) is -3.72. The van der Waals surface area contributed by atoms with Crippen LogP contribution in [-0.4, -0.2) is 18.6 Å². The molecule has 0 aliphatic carbocycles. The zero-order valence-corrected chi connectivity index (χ0v) is 12.2. The average Bonchev–Trinajstić information content (AvgIpc) is 2.72. The Hall–Kier alpha value is -1.93. The molecule has 0 saturated heterocycles. The van der Waals surface area contributed by atoms with Crippen LogP contribution in [0.3, 0.4) is 0 Å². The van der Waals surface area contributed by atoms with Crippen molar-refractivity contribution in [1.29, 1.82) is 0 Å². The fraction of sp³-hybridized carbons (Fsp3) is 0.333. The first-order valence-corrected chi connectivity index (χ1v) is 7.38. The van der Waals surface area contributed by atoms with Gasteiger partial charge in [-0.3, -0.25) is 0 Å². The van der Waals surface area contributed by atoms with Crippen molar-refractivity contribution in [2.45, 2.75) is 32.3 Å². The number of hydrogen-bond donors (Lipinski definition) is 1. The van der Waals surface area contributed by atoms with Gasteiger partial charge in [0.1, 0.15) is 5.75 Å². The van der Waals surface area contributed by atoms with E-state index < -0.39 is 10.0 Å². The SMILES string of the molecule is Cc1nc(COc2c(C)cc(S(N)(=O)=O)cc2C)no1. The largest absolute Gasteiger partial charge is 0.485 e. The maximum Gasteiger partial charge on any atom is 0.238 e. The Bertz CT molecular complexity index is 714. The number of hydrogen-bond acceptors (Lipinski definition) is 6. The Labute approximate surface area is 116 Å². The van der Waals surface area contributed by atoms with E-state index in [1.165, 1.54) is 12.1 Å². The summed E-state index contributed by atoms with van der Waals surface area (Å²) in [5.74, 6) is 1.47. The maximum atomic E-state index is 11.3. The van der Waals surface area contributed by atoms with Crippen molar-refractivity contribution in [1.82, 2.24) is 10.1 Å². The molecule has 0 aliphatic heterocycles. The molecule has 1 heterocycles. The second-order valence-corrected chi connectivity index (χ2v) is 6.01. The summed E-state index contributed by atoms with van der Waals surface area (Å²) in [6.07, 6.45) is 0. The molecule has 0 fully saturated rings. The van der Waals surface area contributed by atoms with E-state index in [1.807, 2.05) is 0 Å². The Morgan fingerprint density at radius 1 is 1.25 bits per heavy atom. The number of rotatable bonds is 4. The van der Waals surface area contributed by atoms with Crippen molar-refractivity contribution >= 4 is 10.0 Å². The van der Waals surface area contributed by atoms with E-state index in [2.05, 4.69) is 10.1 Å². The highest BCUT2D eigenvalue weighted by Crippen LogP contribution is 2.27. The highest BCUT2D eigenvalue weighted by Gasteiger charge is 2.14. The molecule has 1 aromatic carbocycles. The summed E-state index contributed by atoms with van der Waals surface area (Å²) in [6, 6.07) is 2.94. The van der Waals surface area contributed by atoms with Crippen LogP contribution in [-0.2, 0) is 16.6 Å². The molecule has 0 unspecified atom stereocenters. The van der Waals surface area contributed by atoms with Gasteiger partial charge in [-0.1, -0.05) is 5.16 Å². The van der Waals surface area contributed by atoms with Crippen LogP contribution in [0.5, 0.6) is 5.75 Å². The van der Waals surface area contributed by atoms with E-state index in [4.69, 9.17) is 14.4 Å². The average molecular weight is 297 g/mol. The van der Waals surface area contributed by atoms with Crippen LogP contribution in [0, 0.1) is 20.8 Å². The lowest BCUT2D eigenvalue weighted by Gasteiger charge is -2.12. The molecule has 2 N–H and O–H groups in total. The molecule has 2 rings (SSSR count). The minimum atomic E-state index is -3.72. The second kappa shape index (κ2) is 5.22. The van der Waals surface area contributed by atoms with Gasteiger partial charge in [-0.2, -0.15) is 4.98 Å². The highest BCUT2D eigenvalue weighted by atomic mass is 32.2. The molecule has 0 amide bonds. The smallest absolute Gasteiger partial charge is 0.238 e. The van der Waals surface area contributed by atoms with Gasteiger partial charge in [0.15, 0.2) is 6.61 Å². The first kappa shape index (κ1) is 14.5. The van der Waals surface area contributed by atoms with Gasteiger partial charge in [-0.25, -0.2) is 13.6 Å². The first-order chi connectivity index (χ1) is 9.27. The molecule has 7 nitrogen and oxygen atoms in total. The number of benzene rings is 1. The van der Waals surface area contributed by atoms with Gasteiger partial charge in [0, 0.05) is 6.92 Å². The predicted molar refractivity (Wildman–Crippen MR) is 70.7 cm³/mol. The van der Waals surface area contributed by atoms with E-state index in [-0.39, 0.29) is 11.5 Å². The molecule has 20 heavy (non-hydrogen) atoms. The minimum Gasteiger partial charge on any atom is -0.485 e. The molecule has 0 spiro atoms. The summed E-state index contributed by atoms with van der Waals surface area (Å²) in [5, 5.41) is 8.83. The van der Waals surface area contributed by atoms with Gasteiger partial charge in [0.05, 0.1) is 4.90 Å². The molecule has 2 aromatic rings. The number of sulfonamides is 1. The van der Waals surface area contributed by atoms with Gasteiger partial charge in [0.2, 0.25) is 21.7 Å². The Balaban J connectivity index is 2.25. The van der Waals surface area contributed by atoms with E-state index in [0.717, 1.165) is 0 Å². The Kier molecular flexibility index (Phi) is 3.78. The second-order valence-electron chi connectivity index (χ2n) is 4.45. The number of aromatic nitrogens is 2. The third-order valence-electron chi connectivity index (χ3n) is 2.68. The summed E-state index contributed by atoms with van der Waals surface area (Å²) in [4.78, 5) is 4.09. The zero-order valence-electron chi connectivity index (χ0n) is 11.4. The van der Waals surface area contributed by atoms with Crippen molar-refractivity contribution in [3.8, 4) is 5.75 Å². The number of aryl methyl sites for hydroxylation is 3. The van der Waals surface area contributed by atoms with Gasteiger partial charge in [-0.05, 0) is 37.1 Å². The lowest BCUT2D eigenvalue weighted by molar-refractivity contribution is 0.282. The van der Waals surface area contributed by atoms with Crippen LogP contribution in [0.4, 0.5) is 0 Å². The Morgan fingerprint density at radius 2 is 1.85 bits per heavy atom. The zero-order chi connectivity index (χ0) is 14.9. The van der Waals surface area contributed by atoms with Crippen LogP contribution in [0.25, 0.3) is 0 Å². The lowest BCUT2D eigenvalue weighted by Crippen LogP contribution is -2.13. The molecule has 0 bridgehead atoms. The maximum absolute atomic E-state index is 11.3. The first-order valence-electron chi connectivity index (χ1n) is 5.83. The van der Waals surface area contributed by atoms with E-state index in [9.17, 15) is 8.42 Å². The third kappa shape index (κ3) is 3.14. The van der Waals surface area contributed by atoms with E-state index >= 15 is 0 Å². The summed E-state index contributed by atoms with van der Waals surface area (Å²) >= 11 is 0. The van der Waals surface area contributed by atoms with Crippen molar-refractivity contribution in [3.63, 3.8) is 0 Å². The fourth-order valence-corrected chi connectivity index (χ4v) is 2.52. The monoisotopic (exact) mass is 297 g/mol. The topological polar surface area (TPSA) is 108 Å². The molecule has 0 atom stereocenters. The van der Waals surface area contributed by atoms with Crippen molar-refractivity contribution in [2.75, 3.05) is 0 Å². The molecule has 8 heteroatoms. The number of nitrogens with zero attached hydrogens (tertiary/aromatic N) is 2. The summed E-state index contributed by atoms with van der Waals surface area (Å²) in [6.45, 7) is 5.33. The Morgan fingerprint density at radius 3 is 2.30 bits per heavy atom. The van der Waals surface area contributed by atoms with Crippen LogP contribution < -0.4 is 9.88 Å². The van der Waals surface area contributed by atoms with Crippen LogP contribution in [0.2, 0.25) is 0 Å². The number of nitrogens with two attached hydrogens (primary N) is 1. The van der Waals surface area contributed by atoms with Crippen molar-refractivity contribution in [2.24, 2.45) is 5.14 Å². The highest BCUT2D eigenvalue weighted by molar-refractivity contribution is 7.89. The molecule has 108 valence electrons. The number of primary sulfonamides is 1. The molecule has 1 aromatic heterocycles. The summed E-state index contributed by atoms with van der Waals surface area (Å²) < 4.78 is 33.1. The van der Waals surface area contributed by atoms with Gasteiger partial charge in [-0.15, -0.1) is 0 Å². The predicted octanol–water partition coefficient (Wildman–Crippen LogP) is 1.22. The van der Waals surface area contributed by atoms with E-state index in [0.29, 0.717) is 28.6 Å². The van der Waals surface area contributed by atoms with Crippen molar-refractivity contribution < 1.29 is 17.7 Å². The van der Waals surface area contributed by atoms with Gasteiger partial charge >= 0.3 is 0 Å². The molecular weight excluding hydrogens is 282 g/mol. The molecular formula is C12H15N3O4S. The molecule has 0 radical (unpaired) electrons.